The second-order valence-corrected chi connectivity index (χ2v) is 16.0. The van der Waals surface area contributed by atoms with Crippen LogP contribution in [0.3, 0.4) is 0 Å². The van der Waals surface area contributed by atoms with Gasteiger partial charge < -0.3 is 10.1 Å². The average Bonchev–Trinajstić information content (AvgIpc) is 3.29. The number of amides is 1. The molecule has 2 N–H and O–H groups in total. The van der Waals surface area contributed by atoms with Crippen molar-refractivity contribution >= 4 is 16.0 Å². The summed E-state index contributed by atoms with van der Waals surface area (Å²) in [6.07, 6.45) is 16.7. The van der Waals surface area contributed by atoms with Gasteiger partial charge in [0.05, 0.1) is 17.9 Å². The number of carbonyl (C=O) groups is 1. The van der Waals surface area contributed by atoms with Crippen molar-refractivity contribution in [3.8, 4) is 5.88 Å². The average molecular weight is 589 g/mol. The molecule has 1 unspecified atom stereocenters. The molecule has 1 aromatic rings. The summed E-state index contributed by atoms with van der Waals surface area (Å²) in [4.78, 5) is 16.5. The minimum absolute atomic E-state index is 0.158. The highest BCUT2D eigenvalue weighted by Gasteiger charge is 2.61. The van der Waals surface area contributed by atoms with Gasteiger partial charge in [0.25, 0.3) is 16.0 Å². The quantitative estimate of drug-likeness (QED) is 0.292. The number of ether oxygens (including phenoxy) is 1. The zero-order valence-electron chi connectivity index (χ0n) is 25.6. The van der Waals surface area contributed by atoms with E-state index in [4.69, 9.17) is 9.29 Å². The number of aromatic nitrogens is 1. The Hall–Kier alpha value is -1.67. The summed E-state index contributed by atoms with van der Waals surface area (Å²) < 4.78 is 36.5. The second-order valence-electron chi connectivity index (χ2n) is 14.4. The van der Waals surface area contributed by atoms with E-state index in [9.17, 15) is 13.2 Å². The summed E-state index contributed by atoms with van der Waals surface area (Å²) in [5.74, 6) is 5.49. The molecule has 7 nitrogen and oxygen atoms in total. The zero-order chi connectivity index (χ0) is 29.4. The molecule has 8 heteroatoms. The van der Waals surface area contributed by atoms with E-state index in [2.05, 4.69) is 38.0 Å². The Kier molecular flexibility index (Phi) is 9.11. The Morgan fingerprint density at radius 1 is 1.10 bits per heavy atom. The highest BCUT2D eigenvalue weighted by Crippen LogP contribution is 2.69. The van der Waals surface area contributed by atoms with Crippen molar-refractivity contribution in [1.29, 1.82) is 0 Å². The number of carbonyl (C=O) groups excluding carboxylic acids is 1. The van der Waals surface area contributed by atoms with Crippen LogP contribution in [0.5, 0.6) is 5.88 Å². The molecule has 1 amide bonds. The van der Waals surface area contributed by atoms with Crippen molar-refractivity contribution in [2.45, 2.75) is 98.3 Å². The van der Waals surface area contributed by atoms with Gasteiger partial charge in [-0.2, -0.15) is 8.42 Å². The van der Waals surface area contributed by atoms with E-state index in [0.29, 0.717) is 34.8 Å². The van der Waals surface area contributed by atoms with Crippen molar-refractivity contribution in [3.63, 3.8) is 0 Å². The van der Waals surface area contributed by atoms with Gasteiger partial charge in [-0.15, -0.1) is 0 Å². The molecular weight excluding hydrogens is 536 g/mol. The van der Waals surface area contributed by atoms with Gasteiger partial charge in [-0.25, -0.2) is 4.98 Å². The molecule has 1 heterocycles. The maximum absolute atomic E-state index is 12.2. The van der Waals surface area contributed by atoms with Crippen LogP contribution in [-0.4, -0.2) is 42.8 Å². The fraction of sp³-hybridized carbons (Fsp3) is 0.818. The molecule has 4 aliphatic rings. The first kappa shape index (κ1) is 30.8. The predicted octanol–water partition coefficient (Wildman–Crippen LogP) is 6.79. The lowest BCUT2D eigenvalue weighted by Crippen LogP contribution is -2.55. The summed E-state index contributed by atoms with van der Waals surface area (Å²) in [7, 11) is -4.11. The molecule has 0 spiro atoms. The highest BCUT2D eigenvalue weighted by molar-refractivity contribution is 7.85. The molecule has 1 aromatic heterocycles. The van der Waals surface area contributed by atoms with E-state index in [-0.39, 0.29) is 6.54 Å². The number of fused-ring (bicyclic) bond motifs is 5. The molecular formula is C33H52N2O5S. The highest BCUT2D eigenvalue weighted by atomic mass is 32.2. The lowest BCUT2D eigenvalue weighted by molar-refractivity contribution is -0.138. The van der Waals surface area contributed by atoms with Gasteiger partial charge in [0, 0.05) is 18.8 Å². The minimum atomic E-state index is -4.11. The van der Waals surface area contributed by atoms with Crippen LogP contribution in [0.25, 0.3) is 0 Å². The van der Waals surface area contributed by atoms with Crippen LogP contribution < -0.4 is 10.1 Å². The Balaban J connectivity index is 1.15. The normalized spacial score (nSPS) is 37.4. The molecule has 4 fully saturated rings. The van der Waals surface area contributed by atoms with Crippen molar-refractivity contribution < 1.29 is 22.5 Å². The Labute approximate surface area is 247 Å². The largest absolute Gasteiger partial charge is 0.478 e. The third-order valence-electron chi connectivity index (χ3n) is 12.5. The topological polar surface area (TPSA) is 106 Å². The van der Waals surface area contributed by atoms with E-state index in [1.165, 1.54) is 70.4 Å². The third-order valence-corrected chi connectivity index (χ3v) is 13.2. The molecule has 0 saturated heterocycles. The van der Waals surface area contributed by atoms with Gasteiger partial charge in [-0.05, 0) is 110 Å². The molecule has 0 aromatic carbocycles. The van der Waals surface area contributed by atoms with E-state index >= 15 is 0 Å². The van der Waals surface area contributed by atoms with Crippen molar-refractivity contribution in [2.75, 3.05) is 18.9 Å². The summed E-state index contributed by atoms with van der Waals surface area (Å²) in [6, 6.07) is 3.31. The van der Waals surface area contributed by atoms with Crippen molar-refractivity contribution in [2.24, 2.45) is 52.3 Å². The molecule has 0 bridgehead atoms. The number of hydrogen-bond acceptors (Lipinski definition) is 5. The van der Waals surface area contributed by atoms with Crippen LogP contribution in [0.1, 0.15) is 109 Å². The van der Waals surface area contributed by atoms with Crippen molar-refractivity contribution in [1.82, 2.24) is 10.3 Å². The van der Waals surface area contributed by atoms with Gasteiger partial charge in [0.1, 0.15) is 0 Å². The van der Waals surface area contributed by atoms with Gasteiger partial charge in [0.15, 0.2) is 0 Å². The summed E-state index contributed by atoms with van der Waals surface area (Å²) in [5.41, 5.74) is 1.34. The standard InChI is InChI=1S/C33H52N2O5S/c1-5-23-20-25-28-11-10-26(33(28,4)16-13-29(25)32(3)15-7-6-8-27(23)32)22(2)14-18-40-30-12-9-24(21-35-30)31(36)34-17-19-41(37,38)39/h9,12,21-23,25-29H,5-8,10-11,13-20H2,1-4H3,(H,34,36)(H,37,38,39)/t22-,23+,25+,26-,27+,28?,29+,32+,33-/m1/s1. The number of rotatable bonds is 10. The molecule has 4 saturated carbocycles. The van der Waals surface area contributed by atoms with Gasteiger partial charge in [-0.3, -0.25) is 9.35 Å². The molecule has 230 valence electrons. The number of pyridine rings is 1. The lowest BCUT2D eigenvalue weighted by atomic mass is 9.42. The molecule has 5 rings (SSSR count). The SMILES string of the molecule is CC[C@H]1C[C@H]2C3CC[C@H]([C@H](C)CCOc4ccc(C(=O)NCCS(=O)(=O)O)cn4)[C@@]3(C)CC[C@@H]2[C@@]2(C)CCCC[C@@H]12. The van der Waals surface area contributed by atoms with E-state index in [0.717, 1.165) is 41.9 Å². The number of nitrogens with one attached hydrogen (secondary N) is 1. The number of nitrogens with zero attached hydrogens (tertiary/aromatic N) is 1. The molecule has 0 radical (unpaired) electrons. The molecule has 4 aliphatic carbocycles. The first-order chi connectivity index (χ1) is 19.5. The maximum atomic E-state index is 12.2. The first-order valence-corrected chi connectivity index (χ1v) is 17.9. The minimum Gasteiger partial charge on any atom is -0.478 e. The zero-order valence-corrected chi connectivity index (χ0v) is 26.4. The lowest BCUT2D eigenvalue weighted by Gasteiger charge is -2.63. The van der Waals surface area contributed by atoms with Gasteiger partial charge in [0.2, 0.25) is 5.88 Å². The monoisotopic (exact) mass is 588 g/mol. The third kappa shape index (κ3) is 6.20. The van der Waals surface area contributed by atoms with Crippen LogP contribution in [-0.2, 0) is 10.1 Å². The molecule has 41 heavy (non-hydrogen) atoms. The van der Waals surface area contributed by atoms with Gasteiger partial charge >= 0.3 is 0 Å². The van der Waals surface area contributed by atoms with Crippen LogP contribution in [0.15, 0.2) is 18.3 Å². The summed E-state index contributed by atoms with van der Waals surface area (Å²) in [6.45, 7) is 10.7. The van der Waals surface area contributed by atoms with Crippen molar-refractivity contribution in [3.05, 3.63) is 23.9 Å². The van der Waals surface area contributed by atoms with E-state index < -0.39 is 21.8 Å². The Morgan fingerprint density at radius 2 is 1.88 bits per heavy atom. The Morgan fingerprint density at radius 3 is 2.59 bits per heavy atom. The Bertz CT molecular complexity index is 1170. The fourth-order valence-electron chi connectivity index (χ4n) is 10.5. The number of hydrogen-bond donors (Lipinski definition) is 2. The first-order valence-electron chi connectivity index (χ1n) is 16.3. The molecule has 0 aliphatic heterocycles. The summed E-state index contributed by atoms with van der Waals surface area (Å²) >= 11 is 0. The van der Waals surface area contributed by atoms with Crippen LogP contribution in [0.4, 0.5) is 0 Å². The fourth-order valence-corrected chi connectivity index (χ4v) is 10.9. The van der Waals surface area contributed by atoms with Crippen LogP contribution in [0, 0.1) is 52.3 Å². The van der Waals surface area contributed by atoms with Crippen LogP contribution in [0.2, 0.25) is 0 Å². The van der Waals surface area contributed by atoms with E-state index in [1.807, 2.05) is 0 Å². The van der Waals surface area contributed by atoms with Gasteiger partial charge in [-0.1, -0.05) is 47.0 Å². The second kappa shape index (κ2) is 12.1. The maximum Gasteiger partial charge on any atom is 0.266 e. The predicted molar refractivity (Wildman–Crippen MR) is 161 cm³/mol. The van der Waals surface area contributed by atoms with Crippen LogP contribution >= 0.6 is 0 Å². The smallest absolute Gasteiger partial charge is 0.266 e. The summed E-state index contributed by atoms with van der Waals surface area (Å²) in [5, 5.41) is 2.47. The molecule has 9 atom stereocenters. The van der Waals surface area contributed by atoms with E-state index in [1.54, 1.807) is 12.1 Å².